The summed E-state index contributed by atoms with van der Waals surface area (Å²) in [4.78, 5) is 2.50. The van der Waals surface area contributed by atoms with E-state index in [4.69, 9.17) is 4.74 Å². The van der Waals surface area contributed by atoms with E-state index in [0.29, 0.717) is 5.92 Å². The van der Waals surface area contributed by atoms with Crippen molar-refractivity contribution in [1.82, 2.24) is 10.2 Å². The molecule has 4 rings (SSSR count). The molecule has 2 heterocycles. The number of nitrogens with one attached hydrogen (secondary N) is 1. The molecule has 0 aromatic heterocycles. The first kappa shape index (κ1) is 14.8. The fourth-order valence-corrected chi connectivity index (χ4v) is 3.71. The first-order valence-electron chi connectivity index (χ1n) is 8.97. The Balaban J connectivity index is 1.37. The van der Waals surface area contributed by atoms with Crippen molar-refractivity contribution < 1.29 is 4.74 Å². The molecule has 2 aliphatic heterocycles. The highest BCUT2D eigenvalue weighted by Crippen LogP contribution is 2.25. The van der Waals surface area contributed by atoms with Crippen molar-refractivity contribution in [2.24, 2.45) is 5.92 Å². The Hall–Kier alpha value is -1.74. The van der Waals surface area contributed by atoms with Gasteiger partial charge in [0.15, 0.2) is 0 Å². The molecule has 3 heteroatoms. The van der Waals surface area contributed by atoms with Gasteiger partial charge >= 0.3 is 0 Å². The summed E-state index contributed by atoms with van der Waals surface area (Å²) in [6, 6.07) is 6.73. The van der Waals surface area contributed by atoms with Gasteiger partial charge in [-0.05, 0) is 80.1 Å². The minimum absolute atomic E-state index is 0.711. The molecule has 1 aromatic carbocycles. The second kappa shape index (κ2) is 6.79. The lowest BCUT2D eigenvalue weighted by molar-refractivity contribution is 0.215. The Morgan fingerprint density at radius 2 is 1.87 bits per heavy atom. The summed E-state index contributed by atoms with van der Waals surface area (Å²) >= 11 is 0. The molecule has 0 unspecified atom stereocenters. The Labute approximate surface area is 139 Å². The first-order chi connectivity index (χ1) is 11.4. The van der Waals surface area contributed by atoms with Gasteiger partial charge in [0.05, 0.1) is 6.61 Å². The fraction of sp³-hybridized carbons (Fsp3) is 0.500. The van der Waals surface area contributed by atoms with Gasteiger partial charge in [-0.3, -0.25) is 0 Å². The summed E-state index contributed by atoms with van der Waals surface area (Å²) in [6.07, 6.45) is 11.3. The molecule has 3 aliphatic rings. The largest absolute Gasteiger partial charge is 0.493 e. The van der Waals surface area contributed by atoms with Crippen molar-refractivity contribution in [3.8, 4) is 5.75 Å². The van der Waals surface area contributed by atoms with Crippen molar-refractivity contribution in [3.63, 3.8) is 0 Å². The molecular formula is C20H26N2O. The van der Waals surface area contributed by atoms with Crippen LogP contribution in [0, 0.1) is 5.92 Å². The average molecular weight is 310 g/mol. The zero-order chi connectivity index (χ0) is 15.5. The van der Waals surface area contributed by atoms with Crippen LogP contribution in [0.2, 0.25) is 0 Å². The van der Waals surface area contributed by atoms with Crippen molar-refractivity contribution in [2.75, 3.05) is 32.8 Å². The number of piperidine rings is 1. The molecule has 1 aliphatic carbocycles. The van der Waals surface area contributed by atoms with E-state index in [1.807, 2.05) is 0 Å². The molecule has 3 nitrogen and oxygen atoms in total. The van der Waals surface area contributed by atoms with Crippen LogP contribution < -0.4 is 10.1 Å². The number of fused-ring (bicyclic) bond motifs is 1. The van der Waals surface area contributed by atoms with Gasteiger partial charge < -0.3 is 15.0 Å². The normalized spacial score (nSPS) is 21.2. The third-order valence-electron chi connectivity index (χ3n) is 5.32. The van der Waals surface area contributed by atoms with Gasteiger partial charge in [-0.15, -0.1) is 0 Å². The predicted molar refractivity (Wildman–Crippen MR) is 93.7 cm³/mol. The van der Waals surface area contributed by atoms with Crippen molar-refractivity contribution in [3.05, 3.63) is 53.3 Å². The zero-order valence-electron chi connectivity index (χ0n) is 13.8. The highest BCUT2D eigenvalue weighted by atomic mass is 16.5. The van der Waals surface area contributed by atoms with Crippen LogP contribution in [0.5, 0.6) is 5.75 Å². The van der Waals surface area contributed by atoms with Crippen LogP contribution in [0.1, 0.15) is 24.0 Å². The number of nitrogens with zero attached hydrogens (tertiary/aromatic N) is 1. The third kappa shape index (κ3) is 3.45. The van der Waals surface area contributed by atoms with Gasteiger partial charge in [0.1, 0.15) is 5.75 Å². The van der Waals surface area contributed by atoms with E-state index >= 15 is 0 Å². The van der Waals surface area contributed by atoms with Crippen LogP contribution in [0.4, 0.5) is 0 Å². The average Bonchev–Trinajstić information content (AvgIpc) is 2.75. The Morgan fingerprint density at radius 1 is 1.09 bits per heavy atom. The lowest BCUT2D eigenvalue weighted by Gasteiger charge is -2.26. The molecule has 0 saturated carbocycles. The van der Waals surface area contributed by atoms with E-state index in [9.17, 15) is 0 Å². The van der Waals surface area contributed by atoms with Gasteiger partial charge in [-0.2, -0.15) is 0 Å². The van der Waals surface area contributed by atoms with Crippen LogP contribution in [0.25, 0.3) is 0 Å². The molecule has 0 radical (unpaired) electrons. The number of benzene rings is 1. The third-order valence-corrected chi connectivity index (χ3v) is 5.32. The summed E-state index contributed by atoms with van der Waals surface area (Å²) in [6.45, 7) is 5.38. The maximum absolute atomic E-state index is 6.10. The lowest BCUT2D eigenvalue weighted by Crippen LogP contribution is -2.30. The summed E-state index contributed by atoms with van der Waals surface area (Å²) in [5, 5.41) is 3.41. The molecular weight excluding hydrogens is 284 g/mol. The molecule has 0 spiro atoms. The topological polar surface area (TPSA) is 24.5 Å². The number of allylic oxidation sites excluding steroid dienone is 3. The maximum Gasteiger partial charge on any atom is 0.119 e. The molecule has 122 valence electrons. The highest BCUT2D eigenvalue weighted by Gasteiger charge is 2.17. The fourth-order valence-electron chi connectivity index (χ4n) is 3.71. The molecule has 0 atom stereocenters. The van der Waals surface area contributed by atoms with Crippen LogP contribution in [0.15, 0.2) is 42.1 Å². The van der Waals surface area contributed by atoms with E-state index in [0.717, 1.165) is 51.4 Å². The van der Waals surface area contributed by atoms with Crippen molar-refractivity contribution in [2.45, 2.75) is 25.7 Å². The molecule has 0 amide bonds. The monoisotopic (exact) mass is 310 g/mol. The van der Waals surface area contributed by atoms with E-state index in [2.05, 4.69) is 46.6 Å². The van der Waals surface area contributed by atoms with Crippen LogP contribution in [0.3, 0.4) is 0 Å². The quantitative estimate of drug-likeness (QED) is 0.925. The number of rotatable bonds is 4. The molecule has 1 aromatic rings. The molecule has 23 heavy (non-hydrogen) atoms. The maximum atomic E-state index is 6.10. The second-order valence-electron chi connectivity index (χ2n) is 6.87. The van der Waals surface area contributed by atoms with Gasteiger partial charge in [0.2, 0.25) is 0 Å². The summed E-state index contributed by atoms with van der Waals surface area (Å²) in [5.74, 6) is 1.77. The molecule has 1 fully saturated rings. The van der Waals surface area contributed by atoms with Gasteiger partial charge in [-0.1, -0.05) is 12.1 Å². The zero-order valence-corrected chi connectivity index (χ0v) is 13.8. The highest BCUT2D eigenvalue weighted by molar-refractivity contribution is 5.39. The van der Waals surface area contributed by atoms with Gasteiger partial charge in [-0.25, -0.2) is 0 Å². The Morgan fingerprint density at radius 3 is 2.61 bits per heavy atom. The van der Waals surface area contributed by atoms with E-state index in [1.165, 1.54) is 29.7 Å². The standard InChI is InChI=1S/C20H26N2O/c1-2-19(3-1)22-12-8-17-4-5-20(14-18(17)9-13-22)23-15-16-6-10-21-11-7-16/h1-5,14,16,21H,6-13,15H2. The summed E-state index contributed by atoms with van der Waals surface area (Å²) in [7, 11) is 0. The second-order valence-corrected chi connectivity index (χ2v) is 6.87. The molecule has 0 bridgehead atoms. The first-order valence-corrected chi connectivity index (χ1v) is 8.97. The number of hydrogen-bond donors (Lipinski definition) is 1. The smallest absolute Gasteiger partial charge is 0.119 e. The van der Waals surface area contributed by atoms with Gasteiger partial charge in [0.25, 0.3) is 0 Å². The van der Waals surface area contributed by atoms with Crippen molar-refractivity contribution >= 4 is 0 Å². The molecule has 1 N–H and O–H groups in total. The van der Waals surface area contributed by atoms with Crippen LogP contribution in [-0.2, 0) is 12.8 Å². The SMILES string of the molecule is C1=CC(N2CCc3ccc(OCC4CCNCC4)cc3CC2)=C1. The predicted octanol–water partition coefficient (Wildman–Crippen LogP) is 2.92. The lowest BCUT2D eigenvalue weighted by atomic mass is 9.99. The Bertz CT molecular complexity index is 614. The Kier molecular flexibility index (Phi) is 4.38. The van der Waals surface area contributed by atoms with E-state index in [-0.39, 0.29) is 0 Å². The van der Waals surface area contributed by atoms with Crippen LogP contribution in [-0.4, -0.2) is 37.7 Å². The minimum atomic E-state index is 0.711. The minimum Gasteiger partial charge on any atom is -0.493 e. The summed E-state index contributed by atoms with van der Waals surface area (Å²) < 4.78 is 6.10. The summed E-state index contributed by atoms with van der Waals surface area (Å²) in [5.41, 5.74) is 4.35. The van der Waals surface area contributed by atoms with E-state index in [1.54, 1.807) is 0 Å². The molecule has 1 saturated heterocycles. The number of ether oxygens (including phenoxy) is 1. The van der Waals surface area contributed by atoms with Crippen LogP contribution >= 0.6 is 0 Å². The number of hydrogen-bond acceptors (Lipinski definition) is 3. The van der Waals surface area contributed by atoms with E-state index < -0.39 is 0 Å². The van der Waals surface area contributed by atoms with Gasteiger partial charge in [0, 0.05) is 18.8 Å². The van der Waals surface area contributed by atoms with Crippen molar-refractivity contribution in [1.29, 1.82) is 0 Å².